The smallest absolute Gasteiger partial charge is 0.255 e. The zero-order valence-corrected chi connectivity index (χ0v) is 12.3. The molecule has 110 valence electrons. The molecule has 1 amide bonds. The molecular formula is C17H20N2O2. The van der Waals surface area contributed by atoms with Gasteiger partial charge in [-0.2, -0.15) is 0 Å². The molecule has 0 atom stereocenters. The van der Waals surface area contributed by atoms with E-state index in [4.69, 9.17) is 0 Å². The molecule has 0 aromatic heterocycles. The van der Waals surface area contributed by atoms with E-state index in [1.165, 1.54) is 0 Å². The Morgan fingerprint density at radius 3 is 2.38 bits per heavy atom. The highest BCUT2D eigenvalue weighted by Crippen LogP contribution is 2.16. The Morgan fingerprint density at radius 1 is 1.10 bits per heavy atom. The standard InChI is InChI=1S/C17H20N2O2/c1-19(2)11-13-7-9-14(10-8-13)17(21)18-16-6-4-3-5-15(16)12-20/h3-10,20H,11-12H2,1-2H3,(H,18,21). The molecule has 0 spiro atoms. The van der Waals surface area contributed by atoms with E-state index < -0.39 is 0 Å². The summed E-state index contributed by atoms with van der Waals surface area (Å²) >= 11 is 0. The summed E-state index contributed by atoms with van der Waals surface area (Å²) in [5, 5.41) is 12.1. The number of rotatable bonds is 5. The van der Waals surface area contributed by atoms with E-state index >= 15 is 0 Å². The highest BCUT2D eigenvalue weighted by Gasteiger charge is 2.08. The van der Waals surface area contributed by atoms with Crippen molar-refractivity contribution in [3.63, 3.8) is 0 Å². The zero-order valence-electron chi connectivity index (χ0n) is 12.3. The van der Waals surface area contributed by atoms with E-state index in [-0.39, 0.29) is 12.5 Å². The molecule has 2 aromatic carbocycles. The topological polar surface area (TPSA) is 52.6 Å². The normalized spacial score (nSPS) is 10.7. The molecule has 0 bridgehead atoms. The lowest BCUT2D eigenvalue weighted by molar-refractivity contribution is 0.102. The first-order valence-electron chi connectivity index (χ1n) is 6.84. The van der Waals surface area contributed by atoms with E-state index in [1.54, 1.807) is 12.1 Å². The first kappa shape index (κ1) is 15.2. The fourth-order valence-electron chi connectivity index (χ4n) is 2.10. The Kier molecular flexibility index (Phi) is 5.09. The lowest BCUT2D eigenvalue weighted by Gasteiger charge is -2.11. The Bertz CT molecular complexity index is 606. The van der Waals surface area contributed by atoms with Crippen molar-refractivity contribution in [2.24, 2.45) is 0 Å². The number of amides is 1. The van der Waals surface area contributed by atoms with Crippen molar-refractivity contribution in [3.05, 3.63) is 65.2 Å². The molecule has 4 nitrogen and oxygen atoms in total. The molecule has 4 heteroatoms. The molecule has 0 aliphatic rings. The van der Waals surface area contributed by atoms with E-state index in [2.05, 4.69) is 10.2 Å². The average molecular weight is 284 g/mol. The highest BCUT2D eigenvalue weighted by atomic mass is 16.3. The van der Waals surface area contributed by atoms with Crippen LogP contribution in [-0.4, -0.2) is 30.0 Å². The summed E-state index contributed by atoms with van der Waals surface area (Å²) in [7, 11) is 4.01. The zero-order chi connectivity index (χ0) is 15.2. The monoisotopic (exact) mass is 284 g/mol. The molecule has 0 radical (unpaired) electrons. The number of benzene rings is 2. The molecule has 0 aliphatic heterocycles. The molecule has 0 saturated carbocycles. The summed E-state index contributed by atoms with van der Waals surface area (Å²) in [6.07, 6.45) is 0. The van der Waals surface area contributed by atoms with Crippen LogP contribution in [0.4, 0.5) is 5.69 Å². The fourth-order valence-corrected chi connectivity index (χ4v) is 2.10. The number of carbonyl (C=O) groups excluding carboxylic acids is 1. The van der Waals surface area contributed by atoms with E-state index in [1.807, 2.05) is 50.5 Å². The van der Waals surface area contributed by atoms with Gasteiger partial charge in [-0.15, -0.1) is 0 Å². The van der Waals surface area contributed by atoms with Gasteiger partial charge in [0, 0.05) is 23.4 Å². The molecule has 21 heavy (non-hydrogen) atoms. The van der Waals surface area contributed by atoms with Crippen LogP contribution in [0.3, 0.4) is 0 Å². The van der Waals surface area contributed by atoms with Gasteiger partial charge in [0.1, 0.15) is 0 Å². The van der Waals surface area contributed by atoms with Crippen LogP contribution in [0.15, 0.2) is 48.5 Å². The van der Waals surface area contributed by atoms with Crippen molar-refractivity contribution in [2.75, 3.05) is 19.4 Å². The Hall–Kier alpha value is -2.17. The Labute approximate surface area is 125 Å². The molecule has 0 heterocycles. The van der Waals surface area contributed by atoms with Gasteiger partial charge in [0.25, 0.3) is 5.91 Å². The second kappa shape index (κ2) is 7.02. The van der Waals surface area contributed by atoms with Crippen molar-refractivity contribution in [2.45, 2.75) is 13.2 Å². The first-order valence-corrected chi connectivity index (χ1v) is 6.84. The van der Waals surface area contributed by atoms with Gasteiger partial charge in [-0.1, -0.05) is 30.3 Å². The number of nitrogens with one attached hydrogen (secondary N) is 1. The van der Waals surface area contributed by atoms with Crippen molar-refractivity contribution < 1.29 is 9.90 Å². The predicted octanol–water partition coefficient (Wildman–Crippen LogP) is 2.49. The fraction of sp³-hybridized carbons (Fsp3) is 0.235. The third-order valence-electron chi connectivity index (χ3n) is 3.15. The summed E-state index contributed by atoms with van der Waals surface area (Å²) in [4.78, 5) is 14.3. The van der Waals surface area contributed by atoms with Gasteiger partial charge in [0.05, 0.1) is 6.61 Å². The number of anilines is 1. The van der Waals surface area contributed by atoms with Crippen LogP contribution >= 0.6 is 0 Å². The minimum Gasteiger partial charge on any atom is -0.392 e. The summed E-state index contributed by atoms with van der Waals surface area (Å²) in [6.45, 7) is 0.744. The quantitative estimate of drug-likeness (QED) is 0.887. The maximum absolute atomic E-state index is 12.2. The van der Waals surface area contributed by atoms with Crippen LogP contribution in [0.25, 0.3) is 0 Å². The summed E-state index contributed by atoms with van der Waals surface area (Å²) < 4.78 is 0. The minimum atomic E-state index is -0.174. The van der Waals surface area contributed by atoms with Crippen LogP contribution in [0, 0.1) is 0 Å². The summed E-state index contributed by atoms with van der Waals surface area (Å²) in [6, 6.07) is 14.8. The molecule has 0 fully saturated rings. The number of carbonyl (C=O) groups is 1. The van der Waals surface area contributed by atoms with Gasteiger partial charge >= 0.3 is 0 Å². The maximum atomic E-state index is 12.2. The van der Waals surface area contributed by atoms with E-state index in [9.17, 15) is 9.90 Å². The average Bonchev–Trinajstić information content (AvgIpc) is 2.48. The van der Waals surface area contributed by atoms with Crippen molar-refractivity contribution in [3.8, 4) is 0 Å². The lowest BCUT2D eigenvalue weighted by atomic mass is 10.1. The Balaban J connectivity index is 2.09. The van der Waals surface area contributed by atoms with Crippen LogP contribution in [0.2, 0.25) is 0 Å². The molecule has 2 rings (SSSR count). The maximum Gasteiger partial charge on any atom is 0.255 e. The predicted molar refractivity (Wildman–Crippen MR) is 84.2 cm³/mol. The van der Waals surface area contributed by atoms with Gasteiger partial charge in [-0.25, -0.2) is 0 Å². The van der Waals surface area contributed by atoms with Crippen molar-refractivity contribution in [1.82, 2.24) is 4.90 Å². The van der Waals surface area contributed by atoms with Crippen LogP contribution < -0.4 is 5.32 Å². The second-order valence-corrected chi connectivity index (χ2v) is 5.20. The van der Waals surface area contributed by atoms with Crippen LogP contribution in [0.5, 0.6) is 0 Å². The Morgan fingerprint density at radius 2 is 1.76 bits per heavy atom. The van der Waals surface area contributed by atoms with Gasteiger partial charge in [-0.05, 0) is 37.9 Å². The van der Waals surface area contributed by atoms with Gasteiger partial charge in [0.15, 0.2) is 0 Å². The number of nitrogens with zero attached hydrogens (tertiary/aromatic N) is 1. The van der Waals surface area contributed by atoms with Crippen molar-refractivity contribution >= 4 is 11.6 Å². The third kappa shape index (κ3) is 4.15. The molecule has 2 N–H and O–H groups in total. The number of para-hydroxylation sites is 1. The minimum absolute atomic E-state index is 0.0990. The van der Waals surface area contributed by atoms with Gasteiger partial charge in [0.2, 0.25) is 0 Å². The third-order valence-corrected chi connectivity index (χ3v) is 3.15. The van der Waals surface area contributed by atoms with Crippen LogP contribution in [-0.2, 0) is 13.2 Å². The van der Waals surface area contributed by atoms with Crippen molar-refractivity contribution in [1.29, 1.82) is 0 Å². The number of hydrogen-bond acceptors (Lipinski definition) is 3. The summed E-state index contributed by atoms with van der Waals surface area (Å²) in [5.41, 5.74) is 3.11. The number of aliphatic hydroxyl groups excluding tert-OH is 1. The SMILES string of the molecule is CN(C)Cc1ccc(C(=O)Nc2ccccc2CO)cc1. The molecule has 0 saturated heterocycles. The molecule has 0 unspecified atom stereocenters. The largest absolute Gasteiger partial charge is 0.392 e. The van der Waals surface area contributed by atoms with E-state index in [0.29, 0.717) is 16.8 Å². The molecule has 0 aliphatic carbocycles. The summed E-state index contributed by atoms with van der Waals surface area (Å²) in [5.74, 6) is -0.174. The molecule has 2 aromatic rings. The van der Waals surface area contributed by atoms with Crippen LogP contribution in [0.1, 0.15) is 21.5 Å². The second-order valence-electron chi connectivity index (χ2n) is 5.20. The van der Waals surface area contributed by atoms with Gasteiger partial charge < -0.3 is 15.3 Å². The van der Waals surface area contributed by atoms with Gasteiger partial charge in [-0.3, -0.25) is 4.79 Å². The first-order chi connectivity index (χ1) is 10.1. The molecular weight excluding hydrogens is 264 g/mol. The number of hydrogen-bond donors (Lipinski definition) is 2. The highest BCUT2D eigenvalue weighted by molar-refractivity contribution is 6.04. The van der Waals surface area contributed by atoms with E-state index in [0.717, 1.165) is 12.1 Å². The lowest BCUT2D eigenvalue weighted by Crippen LogP contribution is -2.14. The number of aliphatic hydroxyl groups is 1.